The molecule has 4 rings (SSSR count). The van der Waals surface area contributed by atoms with E-state index in [4.69, 9.17) is 0 Å². The smallest absolute Gasteiger partial charge is 0.253 e. The summed E-state index contributed by atoms with van der Waals surface area (Å²) in [7, 11) is 0. The minimum Gasteiger partial charge on any atom is -0.353 e. The first kappa shape index (κ1) is 21.8. The van der Waals surface area contributed by atoms with Crippen LogP contribution in [0.2, 0.25) is 0 Å². The molecule has 31 heavy (non-hydrogen) atoms. The van der Waals surface area contributed by atoms with Gasteiger partial charge in [0.2, 0.25) is 11.1 Å². The number of aryl methyl sites for hydroxylation is 3. The molecule has 0 atom stereocenters. The van der Waals surface area contributed by atoms with Crippen LogP contribution < -0.4 is 5.32 Å². The number of thioether (sulfide) groups is 1. The average Bonchev–Trinajstić information content (AvgIpc) is 3.15. The van der Waals surface area contributed by atoms with Crippen LogP contribution in [0.25, 0.3) is 5.78 Å². The fourth-order valence-corrected chi connectivity index (χ4v) is 4.94. The first-order chi connectivity index (χ1) is 14.9. The van der Waals surface area contributed by atoms with Gasteiger partial charge in [-0.3, -0.25) is 4.79 Å². The van der Waals surface area contributed by atoms with Crippen LogP contribution in [-0.2, 0) is 11.2 Å². The first-order valence-electron chi connectivity index (χ1n) is 11.1. The Morgan fingerprint density at radius 2 is 1.87 bits per heavy atom. The number of hydrogen-bond donors (Lipinski definition) is 1. The minimum atomic E-state index is 0.0597. The standard InChI is InChI=1S/C24H31N5OS/c1-15-9-11-20(12-10-15)26-22(30)14-31-24-27-23-25-17(3)21(18(4)29(23)28-24)13-19-8-6-5-7-16(19)2/h5-8,15,20H,9-14H2,1-4H3,(H,26,30). The van der Waals surface area contributed by atoms with E-state index in [1.54, 1.807) is 0 Å². The number of aromatic nitrogens is 4. The SMILES string of the molecule is Cc1ccccc1Cc1c(C)nc2nc(SCC(=O)NC3CCC(C)CC3)nn2c1C. The van der Waals surface area contributed by atoms with E-state index >= 15 is 0 Å². The second kappa shape index (κ2) is 9.39. The van der Waals surface area contributed by atoms with Crippen molar-refractivity contribution in [2.24, 2.45) is 5.92 Å². The molecule has 2 heterocycles. The second-order valence-electron chi connectivity index (χ2n) is 8.78. The van der Waals surface area contributed by atoms with Crippen LogP contribution >= 0.6 is 11.8 Å². The summed E-state index contributed by atoms with van der Waals surface area (Å²) in [6.07, 6.45) is 5.37. The maximum Gasteiger partial charge on any atom is 0.253 e. The number of carbonyl (C=O) groups excluding carboxylic acids is 1. The molecule has 1 N–H and O–H groups in total. The quantitative estimate of drug-likeness (QED) is 0.578. The van der Waals surface area contributed by atoms with Crippen LogP contribution in [0, 0.1) is 26.7 Å². The molecule has 0 unspecified atom stereocenters. The summed E-state index contributed by atoms with van der Waals surface area (Å²) in [5.41, 5.74) is 5.76. The average molecular weight is 438 g/mol. The van der Waals surface area contributed by atoms with Crippen LogP contribution in [0.5, 0.6) is 0 Å². The summed E-state index contributed by atoms with van der Waals surface area (Å²) < 4.78 is 1.81. The van der Waals surface area contributed by atoms with Gasteiger partial charge in [-0.2, -0.15) is 4.98 Å². The van der Waals surface area contributed by atoms with Gasteiger partial charge in [0.05, 0.1) is 5.75 Å². The molecule has 0 aliphatic heterocycles. The number of hydrogen-bond acceptors (Lipinski definition) is 5. The van der Waals surface area contributed by atoms with Gasteiger partial charge in [-0.05, 0) is 69.1 Å². The third kappa shape index (κ3) is 5.09. The highest BCUT2D eigenvalue weighted by Gasteiger charge is 2.20. The Hall–Kier alpha value is -2.41. The van der Waals surface area contributed by atoms with Crippen molar-refractivity contribution < 1.29 is 4.79 Å². The van der Waals surface area contributed by atoms with Gasteiger partial charge in [-0.25, -0.2) is 9.50 Å². The fourth-order valence-electron chi connectivity index (χ4n) is 4.31. The molecule has 1 saturated carbocycles. The van der Waals surface area contributed by atoms with Crippen LogP contribution in [0.15, 0.2) is 29.4 Å². The summed E-state index contributed by atoms with van der Waals surface area (Å²) in [6.45, 7) is 8.51. The predicted octanol–water partition coefficient (Wildman–Crippen LogP) is 4.43. The summed E-state index contributed by atoms with van der Waals surface area (Å²) in [4.78, 5) is 21.6. The maximum absolute atomic E-state index is 12.4. The van der Waals surface area contributed by atoms with Gasteiger partial charge in [0.25, 0.3) is 5.78 Å². The molecule has 0 bridgehead atoms. The predicted molar refractivity (Wildman–Crippen MR) is 125 cm³/mol. The maximum atomic E-state index is 12.4. The number of nitrogens with zero attached hydrogens (tertiary/aromatic N) is 4. The minimum absolute atomic E-state index is 0.0597. The Bertz CT molecular complexity index is 1090. The van der Waals surface area contributed by atoms with E-state index in [1.165, 1.54) is 41.3 Å². The van der Waals surface area contributed by atoms with E-state index < -0.39 is 0 Å². The number of rotatable bonds is 6. The fraction of sp³-hybridized carbons (Fsp3) is 0.500. The Morgan fingerprint density at radius 1 is 1.13 bits per heavy atom. The van der Waals surface area contributed by atoms with Crippen LogP contribution in [0.4, 0.5) is 0 Å². The molecular formula is C24H31N5OS. The molecule has 2 aromatic heterocycles. The van der Waals surface area contributed by atoms with E-state index in [2.05, 4.69) is 65.4 Å². The molecule has 164 valence electrons. The van der Waals surface area contributed by atoms with Crippen molar-refractivity contribution in [3.8, 4) is 0 Å². The largest absolute Gasteiger partial charge is 0.353 e. The van der Waals surface area contributed by atoms with Gasteiger partial charge in [-0.15, -0.1) is 5.10 Å². The number of benzene rings is 1. The van der Waals surface area contributed by atoms with Crippen molar-refractivity contribution in [2.45, 2.75) is 71.0 Å². The van der Waals surface area contributed by atoms with Crippen molar-refractivity contribution in [2.75, 3.05) is 5.75 Å². The zero-order chi connectivity index (χ0) is 22.0. The number of nitrogens with one attached hydrogen (secondary N) is 1. The monoisotopic (exact) mass is 437 g/mol. The second-order valence-corrected chi connectivity index (χ2v) is 9.73. The Morgan fingerprint density at radius 3 is 2.61 bits per heavy atom. The summed E-state index contributed by atoms with van der Waals surface area (Å²) in [6, 6.07) is 8.74. The van der Waals surface area contributed by atoms with E-state index in [0.29, 0.717) is 22.7 Å². The molecule has 1 aliphatic rings. The lowest BCUT2D eigenvalue weighted by molar-refractivity contribution is -0.119. The van der Waals surface area contributed by atoms with Crippen molar-refractivity contribution in [1.29, 1.82) is 0 Å². The molecular weight excluding hydrogens is 406 g/mol. The van der Waals surface area contributed by atoms with Gasteiger partial charge in [0.15, 0.2) is 0 Å². The molecule has 0 saturated heterocycles. The summed E-state index contributed by atoms with van der Waals surface area (Å²) in [5.74, 6) is 1.76. The van der Waals surface area contributed by atoms with Crippen molar-refractivity contribution >= 4 is 23.4 Å². The molecule has 0 spiro atoms. The number of carbonyl (C=O) groups is 1. The zero-order valence-corrected chi connectivity index (χ0v) is 19.6. The van der Waals surface area contributed by atoms with Crippen LogP contribution in [-0.4, -0.2) is 37.3 Å². The molecule has 6 nitrogen and oxygen atoms in total. The molecule has 7 heteroatoms. The topological polar surface area (TPSA) is 72.2 Å². The van der Waals surface area contributed by atoms with Crippen LogP contribution in [0.3, 0.4) is 0 Å². The molecule has 1 aromatic carbocycles. The lowest BCUT2D eigenvalue weighted by Gasteiger charge is -2.26. The lowest BCUT2D eigenvalue weighted by Crippen LogP contribution is -2.38. The highest BCUT2D eigenvalue weighted by molar-refractivity contribution is 7.99. The summed E-state index contributed by atoms with van der Waals surface area (Å²) >= 11 is 1.38. The molecule has 0 radical (unpaired) electrons. The van der Waals surface area contributed by atoms with Crippen molar-refractivity contribution in [1.82, 2.24) is 24.9 Å². The normalized spacial score (nSPS) is 19.0. The van der Waals surface area contributed by atoms with E-state index in [-0.39, 0.29) is 5.91 Å². The first-order valence-corrected chi connectivity index (χ1v) is 12.1. The van der Waals surface area contributed by atoms with E-state index in [0.717, 1.165) is 36.6 Å². The van der Waals surface area contributed by atoms with Gasteiger partial charge < -0.3 is 5.32 Å². The van der Waals surface area contributed by atoms with Gasteiger partial charge in [0.1, 0.15) is 0 Å². The summed E-state index contributed by atoms with van der Waals surface area (Å²) in [5, 5.41) is 8.39. The molecule has 1 amide bonds. The zero-order valence-electron chi connectivity index (χ0n) is 18.8. The third-order valence-electron chi connectivity index (χ3n) is 6.37. The van der Waals surface area contributed by atoms with Gasteiger partial charge in [0, 0.05) is 23.9 Å². The molecule has 1 fully saturated rings. The van der Waals surface area contributed by atoms with Crippen molar-refractivity contribution in [3.05, 3.63) is 52.3 Å². The molecule has 3 aromatic rings. The lowest BCUT2D eigenvalue weighted by atomic mass is 9.87. The van der Waals surface area contributed by atoms with E-state index in [1.807, 2.05) is 11.4 Å². The Balaban J connectivity index is 1.45. The van der Waals surface area contributed by atoms with Gasteiger partial charge in [-0.1, -0.05) is 43.0 Å². The third-order valence-corrected chi connectivity index (χ3v) is 7.21. The highest BCUT2D eigenvalue weighted by atomic mass is 32.2. The van der Waals surface area contributed by atoms with E-state index in [9.17, 15) is 4.79 Å². The number of fused-ring (bicyclic) bond motifs is 1. The van der Waals surface area contributed by atoms with Crippen molar-refractivity contribution in [3.63, 3.8) is 0 Å². The van der Waals surface area contributed by atoms with Gasteiger partial charge >= 0.3 is 0 Å². The molecule has 1 aliphatic carbocycles. The highest BCUT2D eigenvalue weighted by Crippen LogP contribution is 2.24. The van der Waals surface area contributed by atoms with Crippen LogP contribution in [0.1, 0.15) is 60.7 Å². The number of amides is 1. The Kier molecular flexibility index (Phi) is 6.60. The Labute approximate surface area is 188 Å².